The molecule has 0 radical (unpaired) electrons. The van der Waals surface area contributed by atoms with Crippen molar-refractivity contribution in [1.82, 2.24) is 0 Å². The first-order valence-electron chi connectivity index (χ1n) is 4.22. The molecule has 0 bridgehead atoms. The molecule has 86 valence electrons. The number of carboxylic acids is 1. The summed E-state index contributed by atoms with van der Waals surface area (Å²) in [5.41, 5.74) is -4.09. The average molecular weight is 218 g/mol. The number of aliphatic hydroxyl groups is 1. The van der Waals surface area contributed by atoms with Crippen LogP contribution in [0.25, 0.3) is 0 Å². The van der Waals surface area contributed by atoms with Gasteiger partial charge in [-0.15, -0.1) is 0 Å². The zero-order chi connectivity index (χ0) is 12.4. The van der Waals surface area contributed by atoms with Gasteiger partial charge in [0.05, 0.1) is 0 Å². The highest BCUT2D eigenvalue weighted by atomic mass is 16.6. The van der Waals surface area contributed by atoms with Gasteiger partial charge in [-0.1, -0.05) is 0 Å². The molecule has 0 saturated carbocycles. The molecule has 0 rings (SSSR count). The first kappa shape index (κ1) is 13.6. The van der Waals surface area contributed by atoms with Gasteiger partial charge in [-0.25, -0.2) is 9.59 Å². The van der Waals surface area contributed by atoms with E-state index in [1.165, 1.54) is 20.8 Å². The summed E-state index contributed by atoms with van der Waals surface area (Å²) in [4.78, 5) is 32.8. The Morgan fingerprint density at radius 1 is 1.13 bits per heavy atom. The third-order valence-corrected chi connectivity index (χ3v) is 1.51. The van der Waals surface area contributed by atoms with Crippen molar-refractivity contribution in [3.05, 3.63) is 0 Å². The maximum Gasteiger partial charge on any atom is 0.358 e. The Morgan fingerprint density at radius 2 is 1.53 bits per heavy atom. The minimum atomic E-state index is -3.12. The van der Waals surface area contributed by atoms with Crippen LogP contribution in [-0.2, 0) is 19.1 Å². The fourth-order valence-electron chi connectivity index (χ4n) is 0.734. The topological polar surface area (TPSA) is 101 Å². The quantitative estimate of drug-likeness (QED) is 0.499. The second-order valence-corrected chi connectivity index (χ2v) is 4.07. The van der Waals surface area contributed by atoms with E-state index in [-0.39, 0.29) is 0 Å². The van der Waals surface area contributed by atoms with Crippen LogP contribution in [0, 0.1) is 0 Å². The molecule has 0 aliphatic heterocycles. The van der Waals surface area contributed by atoms with E-state index in [0.717, 1.165) is 6.92 Å². The molecule has 0 aliphatic carbocycles. The van der Waals surface area contributed by atoms with Crippen LogP contribution in [0.3, 0.4) is 0 Å². The fraction of sp³-hybridized carbons (Fsp3) is 0.667. The highest BCUT2D eigenvalue weighted by Crippen LogP contribution is 2.16. The average Bonchev–Trinajstić information content (AvgIpc) is 1.98. The van der Waals surface area contributed by atoms with Gasteiger partial charge >= 0.3 is 17.5 Å². The number of ether oxygens (including phenoxy) is 1. The minimum absolute atomic E-state index is 0.804. The number of hydrogen-bond donors (Lipinski definition) is 2. The van der Waals surface area contributed by atoms with E-state index >= 15 is 0 Å². The van der Waals surface area contributed by atoms with Crippen molar-refractivity contribution in [3.8, 4) is 0 Å². The van der Waals surface area contributed by atoms with Crippen LogP contribution in [0.1, 0.15) is 27.7 Å². The first-order chi connectivity index (χ1) is 6.51. The highest BCUT2D eigenvalue weighted by Gasteiger charge is 2.52. The summed E-state index contributed by atoms with van der Waals surface area (Å²) in [6.07, 6.45) is 0. The number of ketones is 1. The van der Waals surface area contributed by atoms with Crippen molar-refractivity contribution in [3.63, 3.8) is 0 Å². The van der Waals surface area contributed by atoms with Gasteiger partial charge in [0, 0.05) is 0 Å². The lowest BCUT2D eigenvalue weighted by Crippen LogP contribution is -2.54. The summed E-state index contributed by atoms with van der Waals surface area (Å²) in [6, 6.07) is 0. The van der Waals surface area contributed by atoms with E-state index in [4.69, 9.17) is 5.11 Å². The van der Waals surface area contributed by atoms with Crippen molar-refractivity contribution < 1.29 is 29.3 Å². The van der Waals surface area contributed by atoms with Gasteiger partial charge in [0.15, 0.2) is 5.78 Å². The predicted octanol–water partition coefficient (Wildman–Crippen LogP) is -0.267. The van der Waals surface area contributed by atoms with Crippen LogP contribution >= 0.6 is 0 Å². The second kappa shape index (κ2) is 3.98. The summed E-state index contributed by atoms with van der Waals surface area (Å²) < 4.78 is 4.63. The van der Waals surface area contributed by atoms with E-state index in [1.54, 1.807) is 0 Å². The van der Waals surface area contributed by atoms with Gasteiger partial charge in [0.2, 0.25) is 0 Å². The third-order valence-electron chi connectivity index (χ3n) is 1.51. The van der Waals surface area contributed by atoms with E-state index in [0.29, 0.717) is 0 Å². The van der Waals surface area contributed by atoms with E-state index in [2.05, 4.69) is 4.74 Å². The van der Waals surface area contributed by atoms with Crippen molar-refractivity contribution >= 4 is 17.7 Å². The predicted molar refractivity (Wildman–Crippen MR) is 49.1 cm³/mol. The summed E-state index contributed by atoms with van der Waals surface area (Å²) in [5, 5.41) is 18.0. The summed E-state index contributed by atoms with van der Waals surface area (Å²) >= 11 is 0. The van der Waals surface area contributed by atoms with E-state index in [1.807, 2.05) is 0 Å². The first-order valence-corrected chi connectivity index (χ1v) is 4.22. The summed E-state index contributed by atoms with van der Waals surface area (Å²) in [7, 11) is 0. The molecule has 0 aromatic heterocycles. The smallest absolute Gasteiger partial charge is 0.358 e. The molecule has 0 amide bonds. The Kier molecular flexibility index (Phi) is 3.60. The Morgan fingerprint density at radius 3 is 1.73 bits per heavy atom. The Balaban J connectivity index is 5.06. The molecule has 0 aromatic carbocycles. The van der Waals surface area contributed by atoms with Crippen molar-refractivity contribution in [2.24, 2.45) is 0 Å². The standard InChI is InChI=1S/C9H14O6/c1-5(10)9(14,6(11)12)7(13)15-8(2,3)4/h14H,1-4H3,(H,11,12). The number of esters is 1. The largest absolute Gasteiger partial charge is 0.478 e. The van der Waals surface area contributed by atoms with Crippen LogP contribution < -0.4 is 0 Å². The van der Waals surface area contributed by atoms with Gasteiger partial charge in [-0.2, -0.15) is 0 Å². The molecule has 0 fully saturated rings. The SMILES string of the molecule is CC(=O)C(O)(C(=O)O)C(=O)OC(C)(C)C. The molecule has 6 nitrogen and oxygen atoms in total. The number of carbonyl (C=O) groups is 3. The minimum Gasteiger partial charge on any atom is -0.478 e. The molecular weight excluding hydrogens is 204 g/mol. The summed E-state index contributed by atoms with van der Waals surface area (Å²) in [5.74, 6) is -4.61. The number of carboxylic acid groups (broad SMARTS) is 1. The molecule has 6 heteroatoms. The number of carbonyl (C=O) groups excluding carboxylic acids is 2. The molecule has 1 unspecified atom stereocenters. The van der Waals surface area contributed by atoms with Gasteiger partial charge in [0.1, 0.15) is 5.60 Å². The van der Waals surface area contributed by atoms with Gasteiger partial charge < -0.3 is 14.9 Å². The van der Waals surface area contributed by atoms with Gasteiger partial charge in [0.25, 0.3) is 0 Å². The van der Waals surface area contributed by atoms with E-state index in [9.17, 15) is 19.5 Å². The molecule has 0 aromatic rings. The van der Waals surface area contributed by atoms with Crippen LogP contribution in [-0.4, -0.2) is 39.1 Å². The lowest BCUT2D eigenvalue weighted by atomic mass is 9.99. The lowest BCUT2D eigenvalue weighted by Gasteiger charge is -2.25. The summed E-state index contributed by atoms with van der Waals surface area (Å²) in [6.45, 7) is 5.28. The van der Waals surface area contributed by atoms with Gasteiger partial charge in [-0.3, -0.25) is 4.79 Å². The normalized spacial score (nSPS) is 15.3. The van der Waals surface area contributed by atoms with Gasteiger partial charge in [-0.05, 0) is 27.7 Å². The lowest BCUT2D eigenvalue weighted by molar-refractivity contribution is -0.188. The van der Waals surface area contributed by atoms with Crippen LogP contribution in [0.4, 0.5) is 0 Å². The number of hydrogen-bond acceptors (Lipinski definition) is 5. The van der Waals surface area contributed by atoms with Crippen molar-refractivity contribution in [2.45, 2.75) is 38.9 Å². The second-order valence-electron chi connectivity index (χ2n) is 4.07. The molecule has 2 N–H and O–H groups in total. The maximum absolute atomic E-state index is 11.3. The molecule has 0 heterocycles. The maximum atomic E-state index is 11.3. The number of aliphatic carboxylic acids is 1. The Bertz CT molecular complexity index is 284. The third kappa shape index (κ3) is 3.02. The Hall–Kier alpha value is -1.43. The highest BCUT2D eigenvalue weighted by molar-refractivity contribution is 6.22. The fourth-order valence-corrected chi connectivity index (χ4v) is 0.734. The molecule has 15 heavy (non-hydrogen) atoms. The van der Waals surface area contributed by atoms with Crippen molar-refractivity contribution in [1.29, 1.82) is 0 Å². The van der Waals surface area contributed by atoms with Crippen LogP contribution in [0.15, 0.2) is 0 Å². The number of rotatable bonds is 3. The Labute approximate surface area is 86.8 Å². The van der Waals surface area contributed by atoms with Crippen LogP contribution in [0.5, 0.6) is 0 Å². The van der Waals surface area contributed by atoms with Crippen molar-refractivity contribution in [2.75, 3.05) is 0 Å². The molecular formula is C9H14O6. The number of Topliss-reactive ketones (excluding diaryl/α,β-unsaturated/α-hetero) is 1. The zero-order valence-corrected chi connectivity index (χ0v) is 9.03. The molecule has 0 spiro atoms. The molecule has 1 atom stereocenters. The monoisotopic (exact) mass is 218 g/mol. The molecule has 0 aliphatic rings. The van der Waals surface area contributed by atoms with E-state index < -0.39 is 28.9 Å². The van der Waals surface area contributed by atoms with Crippen LogP contribution in [0.2, 0.25) is 0 Å². The molecule has 0 saturated heterocycles. The zero-order valence-electron chi connectivity index (χ0n) is 9.03.